The van der Waals surface area contributed by atoms with Crippen LogP contribution in [0, 0.1) is 0 Å². The topological polar surface area (TPSA) is 65.7 Å². The molecule has 0 aromatic carbocycles. The van der Waals surface area contributed by atoms with Gasteiger partial charge in [-0.3, -0.25) is 14.6 Å². The van der Waals surface area contributed by atoms with Gasteiger partial charge in [0.2, 0.25) is 5.91 Å². The van der Waals surface area contributed by atoms with Gasteiger partial charge in [0.1, 0.15) is 0 Å². The third-order valence-corrected chi connectivity index (χ3v) is 5.71. The molecule has 0 bridgehead atoms. The zero-order valence-electron chi connectivity index (χ0n) is 13.9. The van der Waals surface area contributed by atoms with Gasteiger partial charge in [0.25, 0.3) is 0 Å². The fourth-order valence-corrected chi connectivity index (χ4v) is 4.20. The van der Waals surface area contributed by atoms with Gasteiger partial charge in [0.15, 0.2) is 5.13 Å². The summed E-state index contributed by atoms with van der Waals surface area (Å²) in [6, 6.07) is 0.411. The molecule has 1 aromatic rings. The number of aromatic nitrogens is 1. The molecule has 2 fully saturated rings. The Bertz CT molecular complexity index is 526. The second-order valence-corrected chi connectivity index (χ2v) is 7.80. The highest BCUT2D eigenvalue weighted by Gasteiger charge is 2.26. The first kappa shape index (κ1) is 16.7. The van der Waals surface area contributed by atoms with Crippen molar-refractivity contribution < 1.29 is 4.79 Å². The van der Waals surface area contributed by atoms with E-state index in [-0.39, 0.29) is 0 Å². The normalized spacial score (nSPS) is 24.0. The van der Waals surface area contributed by atoms with E-state index in [0.717, 1.165) is 52.1 Å². The van der Waals surface area contributed by atoms with Gasteiger partial charge < -0.3 is 10.6 Å². The van der Waals surface area contributed by atoms with Gasteiger partial charge in [0.05, 0.1) is 6.54 Å². The molecule has 0 spiro atoms. The molecule has 2 N–H and O–H groups in total. The Balaban J connectivity index is 1.42. The first-order valence-electron chi connectivity index (χ1n) is 8.56. The summed E-state index contributed by atoms with van der Waals surface area (Å²) >= 11 is 1.56. The summed E-state index contributed by atoms with van der Waals surface area (Å²) in [5.74, 6) is 0.306. The second-order valence-electron chi connectivity index (χ2n) is 6.65. The maximum Gasteiger partial charge on any atom is 0.236 e. The Hall–Kier alpha value is -1.18. The Morgan fingerprint density at radius 2 is 2.00 bits per heavy atom. The highest BCUT2D eigenvalue weighted by atomic mass is 32.1. The van der Waals surface area contributed by atoms with Crippen LogP contribution in [0.15, 0.2) is 6.20 Å². The molecule has 6 nitrogen and oxygen atoms in total. The van der Waals surface area contributed by atoms with Crippen molar-refractivity contribution in [3.8, 4) is 0 Å². The highest BCUT2D eigenvalue weighted by Crippen LogP contribution is 2.19. The van der Waals surface area contributed by atoms with E-state index in [1.165, 1.54) is 11.3 Å². The van der Waals surface area contributed by atoms with Crippen molar-refractivity contribution >= 4 is 22.4 Å². The van der Waals surface area contributed by atoms with Gasteiger partial charge in [-0.2, -0.15) is 0 Å². The van der Waals surface area contributed by atoms with Crippen LogP contribution in [0.1, 0.15) is 31.1 Å². The minimum absolute atomic E-state index is 0.306. The predicted octanol–water partition coefficient (Wildman–Crippen LogP) is 1.24. The molecule has 2 aliphatic rings. The van der Waals surface area contributed by atoms with Crippen molar-refractivity contribution in [2.75, 3.05) is 45.0 Å². The largest absolute Gasteiger partial charge is 0.375 e. The second kappa shape index (κ2) is 7.59. The van der Waals surface area contributed by atoms with Crippen molar-refractivity contribution in [3.05, 3.63) is 11.1 Å². The number of rotatable bonds is 4. The van der Waals surface area contributed by atoms with Crippen LogP contribution >= 0.6 is 11.3 Å². The molecule has 1 aromatic heterocycles. The highest BCUT2D eigenvalue weighted by molar-refractivity contribution is 7.15. The third-order valence-electron chi connectivity index (χ3n) is 4.90. The fraction of sp³-hybridized carbons (Fsp3) is 0.750. The first-order chi connectivity index (χ1) is 11.1. The van der Waals surface area contributed by atoms with Crippen LogP contribution < -0.4 is 5.73 Å². The van der Waals surface area contributed by atoms with Crippen molar-refractivity contribution in [2.45, 2.75) is 38.8 Å². The molecule has 0 saturated carbocycles. The average Bonchev–Trinajstić information content (AvgIpc) is 2.95. The van der Waals surface area contributed by atoms with E-state index in [1.807, 2.05) is 6.20 Å². The van der Waals surface area contributed by atoms with E-state index < -0.39 is 0 Å². The summed E-state index contributed by atoms with van der Waals surface area (Å²) in [5, 5.41) is 0.639. The minimum atomic E-state index is 0.306. The van der Waals surface area contributed by atoms with Crippen LogP contribution in [0.2, 0.25) is 0 Å². The predicted molar refractivity (Wildman–Crippen MR) is 93.3 cm³/mol. The van der Waals surface area contributed by atoms with Crippen molar-refractivity contribution in [3.63, 3.8) is 0 Å². The molecule has 7 heteroatoms. The number of carbonyl (C=O) groups excluding carboxylic acids is 1. The van der Waals surface area contributed by atoms with Crippen molar-refractivity contribution in [1.29, 1.82) is 0 Å². The zero-order valence-corrected chi connectivity index (χ0v) is 14.7. The quantitative estimate of drug-likeness (QED) is 0.895. The number of piperazine rings is 1. The van der Waals surface area contributed by atoms with Crippen LogP contribution in [0.4, 0.5) is 5.13 Å². The summed E-state index contributed by atoms with van der Waals surface area (Å²) in [5.41, 5.74) is 5.68. The van der Waals surface area contributed by atoms with Crippen LogP contribution in [-0.4, -0.2) is 70.9 Å². The van der Waals surface area contributed by atoms with Crippen LogP contribution in [-0.2, 0) is 11.3 Å². The number of anilines is 1. The number of carbonyl (C=O) groups is 1. The van der Waals surface area contributed by atoms with Gasteiger partial charge in [0, 0.05) is 56.4 Å². The molecular weight excluding hydrogens is 310 g/mol. The number of amides is 1. The van der Waals surface area contributed by atoms with Crippen LogP contribution in [0.25, 0.3) is 0 Å². The molecule has 128 valence electrons. The molecule has 3 heterocycles. The maximum absolute atomic E-state index is 12.5. The monoisotopic (exact) mass is 337 g/mol. The number of nitrogens with two attached hydrogens (primary N) is 1. The molecule has 23 heavy (non-hydrogen) atoms. The van der Waals surface area contributed by atoms with Gasteiger partial charge >= 0.3 is 0 Å². The number of piperidine rings is 1. The summed E-state index contributed by atoms with van der Waals surface area (Å²) in [4.78, 5) is 24.6. The van der Waals surface area contributed by atoms with E-state index >= 15 is 0 Å². The van der Waals surface area contributed by atoms with Gasteiger partial charge in [-0.25, -0.2) is 4.98 Å². The molecule has 1 unspecified atom stereocenters. The van der Waals surface area contributed by atoms with Crippen LogP contribution in [0.5, 0.6) is 0 Å². The van der Waals surface area contributed by atoms with E-state index in [2.05, 4.69) is 26.6 Å². The standard InChI is InChI=1S/C16H27N5OS/c1-13-4-2-3-5-21(13)15(22)12-20-8-6-19(7-9-20)11-14-10-18-16(17)23-14/h10,13H,2-9,11-12H2,1H3,(H2,17,18). The SMILES string of the molecule is CC1CCCCN1C(=O)CN1CCN(Cc2cnc(N)s2)CC1. The Morgan fingerprint density at radius 1 is 1.26 bits per heavy atom. The number of thiazole rings is 1. The molecule has 1 amide bonds. The maximum atomic E-state index is 12.5. The lowest BCUT2D eigenvalue weighted by Gasteiger charge is -2.38. The Kier molecular flexibility index (Phi) is 5.50. The van der Waals surface area contributed by atoms with Crippen LogP contribution in [0.3, 0.4) is 0 Å². The lowest BCUT2D eigenvalue weighted by Crippen LogP contribution is -2.51. The molecule has 1 atom stereocenters. The lowest BCUT2D eigenvalue weighted by molar-refractivity contribution is -0.136. The third kappa shape index (κ3) is 4.43. The summed E-state index contributed by atoms with van der Waals surface area (Å²) in [6.45, 7) is 8.53. The molecule has 0 aliphatic carbocycles. The Morgan fingerprint density at radius 3 is 2.65 bits per heavy atom. The zero-order chi connectivity index (χ0) is 16.2. The molecule has 2 aliphatic heterocycles. The van der Waals surface area contributed by atoms with Gasteiger partial charge in [-0.15, -0.1) is 11.3 Å². The van der Waals surface area contributed by atoms with E-state index in [0.29, 0.717) is 23.6 Å². The molecular formula is C16H27N5OS. The summed E-state index contributed by atoms with van der Waals surface area (Å²) in [7, 11) is 0. The molecule has 3 rings (SSSR count). The number of nitrogen functional groups attached to an aromatic ring is 1. The van der Waals surface area contributed by atoms with Gasteiger partial charge in [-0.05, 0) is 26.2 Å². The first-order valence-corrected chi connectivity index (χ1v) is 9.38. The Labute approximate surface area is 142 Å². The average molecular weight is 337 g/mol. The van der Waals surface area contributed by atoms with E-state index in [1.54, 1.807) is 11.3 Å². The van der Waals surface area contributed by atoms with Crippen molar-refractivity contribution in [2.24, 2.45) is 0 Å². The van der Waals surface area contributed by atoms with E-state index in [9.17, 15) is 4.79 Å². The summed E-state index contributed by atoms with van der Waals surface area (Å²) in [6.07, 6.45) is 5.43. The lowest BCUT2D eigenvalue weighted by atomic mass is 10.0. The number of hydrogen-bond acceptors (Lipinski definition) is 6. The van der Waals surface area contributed by atoms with Gasteiger partial charge in [-0.1, -0.05) is 0 Å². The molecule has 0 radical (unpaired) electrons. The molecule has 2 saturated heterocycles. The number of likely N-dealkylation sites (tertiary alicyclic amines) is 1. The van der Waals surface area contributed by atoms with Crippen molar-refractivity contribution in [1.82, 2.24) is 19.7 Å². The smallest absolute Gasteiger partial charge is 0.236 e. The number of nitrogens with zero attached hydrogens (tertiary/aromatic N) is 4. The fourth-order valence-electron chi connectivity index (χ4n) is 3.47. The minimum Gasteiger partial charge on any atom is -0.375 e. The summed E-state index contributed by atoms with van der Waals surface area (Å²) < 4.78 is 0. The van der Waals surface area contributed by atoms with E-state index in [4.69, 9.17) is 5.73 Å². The number of hydrogen-bond donors (Lipinski definition) is 1.